The lowest BCUT2D eigenvalue weighted by molar-refractivity contribution is -0.385. The molecule has 3 rings (SSSR count). The Balaban J connectivity index is 1.99. The molecule has 11 heteroatoms. The van der Waals surface area contributed by atoms with E-state index in [-0.39, 0.29) is 22.0 Å². The Bertz CT molecular complexity index is 1260. The van der Waals surface area contributed by atoms with Gasteiger partial charge in [0.1, 0.15) is 10.6 Å². The third kappa shape index (κ3) is 5.30. The lowest BCUT2D eigenvalue weighted by atomic mass is 10.1. The molecule has 0 radical (unpaired) electrons. The average molecular weight is 461 g/mol. The Morgan fingerprint density at radius 1 is 1.10 bits per heavy atom. The number of non-ortho nitro benzene ring substituents is 1. The largest absolute Gasteiger partial charge is 0.507 e. The van der Waals surface area contributed by atoms with Crippen molar-refractivity contribution in [1.82, 2.24) is 0 Å². The van der Waals surface area contributed by atoms with E-state index >= 15 is 0 Å². The van der Waals surface area contributed by atoms with E-state index in [1.165, 1.54) is 36.4 Å². The number of benzene rings is 3. The molecule has 0 aliphatic carbocycles. The lowest BCUT2D eigenvalue weighted by Crippen LogP contribution is -2.15. The molecule has 31 heavy (non-hydrogen) atoms. The minimum absolute atomic E-state index is 0.00602. The van der Waals surface area contributed by atoms with Crippen LogP contribution in [0.2, 0.25) is 5.02 Å². The molecule has 0 atom stereocenters. The second kappa shape index (κ2) is 9.02. The summed E-state index contributed by atoms with van der Waals surface area (Å²) in [6.45, 7) is 1.62. The molecule has 3 aromatic carbocycles. The number of phenolic OH excluding ortho intramolecular Hbond substituents is 1. The first kappa shape index (κ1) is 22.1. The predicted molar refractivity (Wildman–Crippen MR) is 119 cm³/mol. The van der Waals surface area contributed by atoms with Crippen LogP contribution in [0.15, 0.2) is 76.7 Å². The van der Waals surface area contributed by atoms with E-state index in [4.69, 9.17) is 11.6 Å². The van der Waals surface area contributed by atoms with Crippen LogP contribution < -0.4 is 10.1 Å². The number of nitrogens with one attached hydrogen (secondary N) is 2. The summed E-state index contributed by atoms with van der Waals surface area (Å²) in [7, 11) is -4.21. The highest BCUT2D eigenvalue weighted by atomic mass is 35.5. The molecule has 0 aliphatic rings. The number of nitro benzene ring substituents is 1. The van der Waals surface area contributed by atoms with Crippen molar-refractivity contribution in [2.24, 2.45) is 5.10 Å². The summed E-state index contributed by atoms with van der Waals surface area (Å²) < 4.78 is 28.3. The van der Waals surface area contributed by atoms with E-state index in [1.807, 2.05) is 0 Å². The van der Waals surface area contributed by atoms with Gasteiger partial charge in [-0.1, -0.05) is 23.7 Å². The topological polar surface area (TPSA) is 134 Å². The van der Waals surface area contributed by atoms with Gasteiger partial charge in [-0.25, -0.2) is 8.42 Å². The monoisotopic (exact) mass is 460 g/mol. The number of phenols is 1. The van der Waals surface area contributed by atoms with Crippen LogP contribution in [0.3, 0.4) is 0 Å². The molecule has 0 aliphatic heterocycles. The minimum atomic E-state index is -4.21. The number of hydrazone groups is 1. The van der Waals surface area contributed by atoms with E-state index in [2.05, 4.69) is 15.2 Å². The van der Waals surface area contributed by atoms with Crippen LogP contribution in [0, 0.1) is 10.1 Å². The summed E-state index contributed by atoms with van der Waals surface area (Å²) in [5.41, 5.74) is 3.29. The molecule has 0 fully saturated rings. The first-order chi connectivity index (χ1) is 14.7. The highest BCUT2D eigenvalue weighted by molar-refractivity contribution is 7.92. The van der Waals surface area contributed by atoms with Crippen LogP contribution in [0.4, 0.5) is 17.1 Å². The van der Waals surface area contributed by atoms with Crippen LogP contribution in [-0.2, 0) is 10.0 Å². The molecule has 0 amide bonds. The minimum Gasteiger partial charge on any atom is -0.507 e. The van der Waals surface area contributed by atoms with Crippen molar-refractivity contribution in [3.63, 3.8) is 0 Å². The summed E-state index contributed by atoms with van der Waals surface area (Å²) in [5, 5.41) is 25.7. The van der Waals surface area contributed by atoms with Gasteiger partial charge in [0.25, 0.3) is 15.7 Å². The standard InChI is InChI=1S/C20H17ClN4O5S/c1-13(17-4-2-3-5-19(17)26)22-23-18-11-10-16(25(27)28)12-20(18)31(29,30)24-15-8-6-14(21)7-9-15/h2-12,23-24,26H,1H3. The number of hydrogen-bond acceptors (Lipinski definition) is 7. The van der Waals surface area contributed by atoms with Gasteiger partial charge in [-0.05, 0) is 49.4 Å². The van der Waals surface area contributed by atoms with Crippen molar-refractivity contribution in [3.05, 3.63) is 87.4 Å². The fourth-order valence-corrected chi connectivity index (χ4v) is 4.01. The van der Waals surface area contributed by atoms with E-state index in [0.717, 1.165) is 12.1 Å². The van der Waals surface area contributed by atoms with Crippen molar-refractivity contribution >= 4 is 44.4 Å². The Morgan fingerprint density at radius 2 is 1.77 bits per heavy atom. The Kier molecular flexibility index (Phi) is 6.42. The Labute approximate surface area is 183 Å². The van der Waals surface area contributed by atoms with Crippen molar-refractivity contribution < 1.29 is 18.4 Å². The highest BCUT2D eigenvalue weighted by Gasteiger charge is 2.23. The molecule has 0 aromatic heterocycles. The number of aromatic hydroxyl groups is 1. The number of anilines is 2. The molecule has 3 N–H and O–H groups in total. The zero-order valence-corrected chi connectivity index (χ0v) is 17.7. The number of halogens is 1. The fourth-order valence-electron chi connectivity index (χ4n) is 2.65. The number of nitro groups is 1. The van der Waals surface area contributed by atoms with Gasteiger partial charge in [-0.3, -0.25) is 20.3 Å². The number of hydrogen-bond donors (Lipinski definition) is 3. The summed E-state index contributed by atoms with van der Waals surface area (Å²) in [5.74, 6) is 0.00602. The molecule has 0 bridgehead atoms. The quantitative estimate of drug-likeness (QED) is 0.268. The number of para-hydroxylation sites is 1. The van der Waals surface area contributed by atoms with Gasteiger partial charge in [0, 0.05) is 28.4 Å². The number of sulfonamides is 1. The predicted octanol–water partition coefficient (Wildman–Crippen LogP) is 4.59. The molecule has 9 nitrogen and oxygen atoms in total. The Hall–Kier alpha value is -3.63. The summed E-state index contributed by atoms with van der Waals surface area (Å²) in [4.78, 5) is 10.1. The van der Waals surface area contributed by atoms with Crippen molar-refractivity contribution in [1.29, 1.82) is 0 Å². The molecule has 0 unspecified atom stereocenters. The van der Waals surface area contributed by atoms with Gasteiger partial charge in [0.15, 0.2) is 0 Å². The normalized spacial score (nSPS) is 11.7. The SMILES string of the molecule is CC(=NNc1ccc([N+](=O)[O-])cc1S(=O)(=O)Nc1ccc(Cl)cc1)c1ccccc1O. The van der Waals surface area contributed by atoms with Gasteiger partial charge in [-0.15, -0.1) is 0 Å². The van der Waals surface area contributed by atoms with E-state index in [0.29, 0.717) is 16.3 Å². The van der Waals surface area contributed by atoms with Gasteiger partial charge in [-0.2, -0.15) is 5.10 Å². The smallest absolute Gasteiger partial charge is 0.270 e. The molecule has 0 saturated heterocycles. The number of rotatable bonds is 7. The fraction of sp³-hybridized carbons (Fsp3) is 0.0500. The zero-order chi connectivity index (χ0) is 22.6. The molecule has 0 saturated carbocycles. The first-order valence-electron chi connectivity index (χ1n) is 8.83. The molecular formula is C20H17ClN4O5S. The average Bonchev–Trinajstić information content (AvgIpc) is 2.73. The highest BCUT2D eigenvalue weighted by Crippen LogP contribution is 2.29. The van der Waals surface area contributed by atoms with Crippen molar-refractivity contribution in [2.45, 2.75) is 11.8 Å². The van der Waals surface area contributed by atoms with Crippen LogP contribution in [-0.4, -0.2) is 24.2 Å². The van der Waals surface area contributed by atoms with Gasteiger partial charge in [0.05, 0.1) is 16.3 Å². The summed E-state index contributed by atoms with van der Waals surface area (Å²) >= 11 is 5.82. The summed E-state index contributed by atoms with van der Waals surface area (Å²) in [6.07, 6.45) is 0. The maximum absolute atomic E-state index is 13.0. The van der Waals surface area contributed by atoms with Crippen molar-refractivity contribution in [3.8, 4) is 5.75 Å². The third-order valence-corrected chi connectivity index (χ3v) is 5.87. The lowest BCUT2D eigenvalue weighted by Gasteiger charge is -2.13. The van der Waals surface area contributed by atoms with Crippen LogP contribution in [0.25, 0.3) is 0 Å². The van der Waals surface area contributed by atoms with Crippen molar-refractivity contribution in [2.75, 3.05) is 10.1 Å². The number of nitrogens with zero attached hydrogens (tertiary/aromatic N) is 2. The first-order valence-corrected chi connectivity index (χ1v) is 10.7. The molecular weight excluding hydrogens is 444 g/mol. The van der Waals surface area contributed by atoms with Crippen LogP contribution >= 0.6 is 11.6 Å². The van der Waals surface area contributed by atoms with Gasteiger partial charge in [0.2, 0.25) is 0 Å². The van der Waals surface area contributed by atoms with Gasteiger partial charge >= 0.3 is 0 Å². The van der Waals surface area contributed by atoms with E-state index < -0.39 is 20.6 Å². The summed E-state index contributed by atoms with van der Waals surface area (Å²) in [6, 6.07) is 15.8. The van der Waals surface area contributed by atoms with Gasteiger partial charge < -0.3 is 5.11 Å². The molecule has 160 valence electrons. The zero-order valence-electron chi connectivity index (χ0n) is 16.1. The van der Waals surface area contributed by atoms with E-state index in [1.54, 1.807) is 25.1 Å². The molecule has 0 heterocycles. The molecule has 0 spiro atoms. The maximum atomic E-state index is 13.0. The second-order valence-corrected chi connectivity index (χ2v) is 8.46. The second-order valence-electron chi connectivity index (χ2n) is 6.38. The van der Waals surface area contributed by atoms with Crippen LogP contribution in [0.5, 0.6) is 5.75 Å². The Morgan fingerprint density at radius 3 is 2.42 bits per heavy atom. The van der Waals surface area contributed by atoms with Crippen LogP contribution in [0.1, 0.15) is 12.5 Å². The maximum Gasteiger partial charge on any atom is 0.270 e. The molecule has 3 aromatic rings. The van der Waals surface area contributed by atoms with E-state index in [9.17, 15) is 23.6 Å². The third-order valence-electron chi connectivity index (χ3n) is 4.20.